The number of carbonyl (C=O) groups excluding carboxylic acids is 1. The second-order valence-corrected chi connectivity index (χ2v) is 12.0. The number of rotatable bonds is 4. The van der Waals surface area contributed by atoms with Crippen molar-refractivity contribution in [2.24, 2.45) is 17.8 Å². The molecule has 0 amide bonds. The number of esters is 1. The van der Waals surface area contributed by atoms with Gasteiger partial charge < -0.3 is 9.84 Å². The quantitative estimate of drug-likeness (QED) is 0.141. The van der Waals surface area contributed by atoms with Crippen LogP contribution < -0.4 is 4.74 Å². The summed E-state index contributed by atoms with van der Waals surface area (Å²) in [6.07, 6.45) is 1.97. The predicted molar refractivity (Wildman–Crippen MR) is 133 cm³/mol. The van der Waals surface area contributed by atoms with E-state index < -0.39 is 73.9 Å². The van der Waals surface area contributed by atoms with Crippen LogP contribution in [0.4, 0.5) is 17.6 Å². The molecule has 0 aromatic heterocycles. The van der Waals surface area contributed by atoms with Crippen molar-refractivity contribution in [3.63, 3.8) is 0 Å². The Labute approximate surface area is 227 Å². The molecule has 0 spiro atoms. The van der Waals surface area contributed by atoms with Crippen molar-refractivity contribution in [1.29, 1.82) is 0 Å². The molecule has 2 N–H and O–H groups in total. The lowest BCUT2D eigenvalue weighted by molar-refractivity contribution is -0.145. The molecular weight excluding hydrogens is 552 g/mol. The van der Waals surface area contributed by atoms with Gasteiger partial charge in [-0.05, 0) is 46.9 Å². The van der Waals surface area contributed by atoms with E-state index >= 15 is 0 Å². The first-order valence-electron chi connectivity index (χ1n) is 12.9. The predicted octanol–water partition coefficient (Wildman–Crippen LogP) is 5.47. The molecule has 0 radical (unpaired) electrons. The van der Waals surface area contributed by atoms with Crippen LogP contribution in [0.2, 0.25) is 0 Å². The Hall–Kier alpha value is -3.28. The average molecular weight is 577 g/mol. The highest BCUT2D eigenvalue weighted by molar-refractivity contribution is 7.85. The van der Waals surface area contributed by atoms with E-state index in [1.165, 1.54) is 0 Å². The molecule has 3 aromatic carbocycles. The molecule has 1 fully saturated rings. The fourth-order valence-electron chi connectivity index (χ4n) is 7.19. The summed E-state index contributed by atoms with van der Waals surface area (Å²) in [5, 5.41) is 11.1. The third kappa shape index (κ3) is 3.97. The minimum Gasteiger partial charge on any atom is -0.420 e. The maximum Gasteiger partial charge on any atom is 0.315 e. The highest BCUT2D eigenvalue weighted by atomic mass is 32.2. The molecule has 1 saturated carbocycles. The second kappa shape index (κ2) is 9.67. The van der Waals surface area contributed by atoms with Gasteiger partial charge in [0.2, 0.25) is 17.4 Å². The zero-order chi connectivity index (χ0) is 28.5. The van der Waals surface area contributed by atoms with E-state index in [0.29, 0.717) is 12.8 Å². The van der Waals surface area contributed by atoms with Crippen LogP contribution >= 0.6 is 0 Å². The van der Waals surface area contributed by atoms with Crippen LogP contribution in [0.15, 0.2) is 53.4 Å². The number of aliphatic hydroxyl groups is 1. The number of hydrogen-bond acceptors (Lipinski definition) is 5. The minimum absolute atomic E-state index is 0.363. The molecule has 2 bridgehead atoms. The fraction of sp³-hybridized carbons (Fsp3) is 0.345. The van der Waals surface area contributed by atoms with Gasteiger partial charge in [-0.25, -0.2) is 8.78 Å². The maximum atomic E-state index is 14.9. The van der Waals surface area contributed by atoms with Gasteiger partial charge in [0.05, 0.1) is 12.0 Å². The Morgan fingerprint density at radius 3 is 1.73 bits per heavy atom. The monoisotopic (exact) mass is 576 g/mol. The van der Waals surface area contributed by atoms with Gasteiger partial charge in [0.1, 0.15) is 0 Å². The lowest BCUT2D eigenvalue weighted by Gasteiger charge is -2.53. The Bertz CT molecular complexity index is 1560. The molecule has 11 heteroatoms. The maximum absolute atomic E-state index is 14.9. The summed E-state index contributed by atoms with van der Waals surface area (Å²) < 4.78 is 95.6. The topological polar surface area (TPSA) is 101 Å². The largest absolute Gasteiger partial charge is 0.420 e. The van der Waals surface area contributed by atoms with Crippen molar-refractivity contribution >= 4 is 16.1 Å². The first-order chi connectivity index (χ1) is 19.0. The van der Waals surface area contributed by atoms with Gasteiger partial charge >= 0.3 is 16.1 Å². The first kappa shape index (κ1) is 26.9. The molecule has 0 aliphatic heterocycles. The molecule has 4 aliphatic carbocycles. The number of benzene rings is 3. The SMILES string of the molecule is O=C(Oc1c(F)c(F)c(S(=O)(=O)O)c(F)c1F)C1C2c3ccccc3C(c3ccccc32)C1C1CCCCC1O. The summed E-state index contributed by atoms with van der Waals surface area (Å²) in [5.74, 6) is -15.3. The van der Waals surface area contributed by atoms with Crippen LogP contribution in [-0.2, 0) is 14.9 Å². The summed E-state index contributed by atoms with van der Waals surface area (Å²) in [5.41, 5.74) is 3.53. The third-order valence-electron chi connectivity index (χ3n) is 8.68. The summed E-state index contributed by atoms with van der Waals surface area (Å²) in [6, 6.07) is 14.9. The van der Waals surface area contributed by atoms with Gasteiger partial charge in [-0.1, -0.05) is 61.4 Å². The van der Waals surface area contributed by atoms with Gasteiger partial charge in [-0.2, -0.15) is 17.2 Å². The van der Waals surface area contributed by atoms with Crippen LogP contribution in [0, 0.1) is 41.0 Å². The molecule has 40 heavy (non-hydrogen) atoms. The number of halogens is 4. The van der Waals surface area contributed by atoms with E-state index in [0.717, 1.165) is 35.1 Å². The molecule has 4 atom stereocenters. The molecule has 3 aromatic rings. The second-order valence-electron chi connectivity index (χ2n) is 10.6. The van der Waals surface area contributed by atoms with Crippen molar-refractivity contribution in [2.75, 3.05) is 0 Å². The molecule has 6 nitrogen and oxygen atoms in total. The van der Waals surface area contributed by atoms with Crippen LogP contribution in [0.3, 0.4) is 0 Å². The third-order valence-corrected chi connectivity index (χ3v) is 9.56. The van der Waals surface area contributed by atoms with Crippen LogP contribution in [0.1, 0.15) is 59.8 Å². The van der Waals surface area contributed by atoms with Gasteiger partial charge in [-0.3, -0.25) is 9.35 Å². The average Bonchev–Trinajstić information content (AvgIpc) is 2.93. The van der Waals surface area contributed by atoms with Gasteiger partial charge in [-0.15, -0.1) is 0 Å². The standard InChI is InChI=1S/C29H24F4O6S/c30-23-25(32)28(40(36,37)38)26(33)24(31)27(23)39-29(35)22-20-15-9-3-1-7-13(15)19(14-8-2-4-10-16(14)20)21(22)17-11-5-6-12-18(17)34/h1-4,7-10,17-22,34H,5-6,11-12H2,(H,36,37,38). The molecule has 210 valence electrons. The number of fused-ring (bicyclic) bond motifs is 1. The summed E-state index contributed by atoms with van der Waals surface area (Å²) >= 11 is 0. The van der Waals surface area contributed by atoms with E-state index in [-0.39, 0.29) is 11.8 Å². The highest BCUT2D eigenvalue weighted by Gasteiger charge is 2.56. The lowest BCUT2D eigenvalue weighted by atomic mass is 9.50. The van der Waals surface area contributed by atoms with Crippen molar-refractivity contribution in [1.82, 2.24) is 0 Å². The van der Waals surface area contributed by atoms with Crippen LogP contribution in [0.25, 0.3) is 0 Å². The summed E-state index contributed by atoms with van der Waals surface area (Å²) in [6.45, 7) is 0. The van der Waals surface area contributed by atoms with E-state index in [2.05, 4.69) is 0 Å². The molecule has 4 unspecified atom stereocenters. The Kier molecular flexibility index (Phi) is 6.51. The number of aliphatic hydroxyl groups excluding tert-OH is 1. The van der Waals surface area contributed by atoms with E-state index in [1.807, 2.05) is 36.4 Å². The van der Waals surface area contributed by atoms with Crippen molar-refractivity contribution in [2.45, 2.75) is 48.5 Å². The number of ether oxygens (including phenoxy) is 1. The highest BCUT2D eigenvalue weighted by Crippen LogP contribution is 2.61. The number of carbonyl (C=O) groups is 1. The lowest BCUT2D eigenvalue weighted by Crippen LogP contribution is -2.50. The normalized spacial score (nSPS) is 27.1. The smallest absolute Gasteiger partial charge is 0.315 e. The Morgan fingerprint density at radius 2 is 1.25 bits per heavy atom. The first-order valence-corrected chi connectivity index (χ1v) is 14.4. The van der Waals surface area contributed by atoms with Gasteiger partial charge in [0.25, 0.3) is 0 Å². The van der Waals surface area contributed by atoms with Crippen molar-refractivity contribution in [3.05, 3.63) is 94.1 Å². The van der Waals surface area contributed by atoms with Crippen molar-refractivity contribution < 1.29 is 45.2 Å². The van der Waals surface area contributed by atoms with Crippen molar-refractivity contribution in [3.8, 4) is 5.75 Å². The van der Waals surface area contributed by atoms with Gasteiger partial charge in [0.15, 0.2) is 16.5 Å². The van der Waals surface area contributed by atoms with E-state index in [4.69, 9.17) is 9.29 Å². The zero-order valence-electron chi connectivity index (χ0n) is 20.9. The molecule has 0 heterocycles. The van der Waals surface area contributed by atoms with Gasteiger partial charge in [0, 0.05) is 11.8 Å². The Balaban J connectivity index is 1.51. The number of hydrogen-bond donors (Lipinski definition) is 2. The zero-order valence-corrected chi connectivity index (χ0v) is 21.7. The van der Waals surface area contributed by atoms with E-state index in [9.17, 15) is 35.9 Å². The van der Waals surface area contributed by atoms with E-state index in [1.54, 1.807) is 12.1 Å². The van der Waals surface area contributed by atoms with Crippen LogP contribution in [-0.4, -0.2) is 30.2 Å². The van der Waals surface area contributed by atoms with Crippen LogP contribution in [0.5, 0.6) is 5.75 Å². The molecule has 7 rings (SSSR count). The molecule has 4 aliphatic rings. The molecular formula is C29H24F4O6S. The fourth-order valence-corrected chi connectivity index (χ4v) is 7.82. The molecule has 0 saturated heterocycles. The summed E-state index contributed by atoms with van der Waals surface area (Å²) in [7, 11) is -5.68. The summed E-state index contributed by atoms with van der Waals surface area (Å²) in [4.78, 5) is 11.7. The Morgan fingerprint density at radius 1 is 0.775 bits per heavy atom. The minimum atomic E-state index is -5.68.